The quantitative estimate of drug-likeness (QED) is 0.393. The second-order valence-corrected chi connectivity index (χ2v) is 13.2. The third-order valence-corrected chi connectivity index (χ3v) is 10.2. The molecule has 1 saturated heterocycles. The number of nitrogens with zero attached hydrogens (tertiary/aromatic N) is 2. The first-order chi connectivity index (χ1) is 17.8. The third-order valence-electron chi connectivity index (χ3n) is 6.47. The van der Waals surface area contributed by atoms with E-state index in [9.17, 15) is 22.4 Å². The van der Waals surface area contributed by atoms with Crippen LogP contribution in [0.5, 0.6) is 0 Å². The van der Waals surface area contributed by atoms with Gasteiger partial charge in [-0.1, -0.05) is 23.5 Å². The topological polar surface area (TPSA) is 127 Å². The van der Waals surface area contributed by atoms with Crippen LogP contribution in [0.25, 0.3) is 0 Å². The number of nitrogens with one attached hydrogen (secondary N) is 2. The highest BCUT2D eigenvalue weighted by molar-refractivity contribution is 7.92. The van der Waals surface area contributed by atoms with Gasteiger partial charge in [0.15, 0.2) is 25.2 Å². The summed E-state index contributed by atoms with van der Waals surface area (Å²) < 4.78 is 43.8. The van der Waals surface area contributed by atoms with Gasteiger partial charge < -0.3 is 10.1 Å². The molecule has 1 saturated carbocycles. The van der Waals surface area contributed by atoms with Crippen LogP contribution in [0.1, 0.15) is 54.1 Å². The van der Waals surface area contributed by atoms with Crippen molar-refractivity contribution in [3.8, 4) is 0 Å². The zero-order chi connectivity index (χ0) is 26.0. The Morgan fingerprint density at radius 2 is 1.81 bits per heavy atom. The van der Waals surface area contributed by atoms with Crippen molar-refractivity contribution >= 4 is 54.6 Å². The number of thiazole rings is 2. The van der Waals surface area contributed by atoms with E-state index in [0.717, 1.165) is 35.9 Å². The largest absolute Gasteiger partial charge is 0.381 e. The Bertz CT molecular complexity index is 1380. The Hall–Kier alpha value is -2.74. The molecule has 1 aromatic carbocycles. The van der Waals surface area contributed by atoms with Crippen LogP contribution in [0.15, 0.2) is 40.7 Å². The Kier molecular flexibility index (Phi) is 7.65. The molecule has 2 fully saturated rings. The minimum absolute atomic E-state index is 0.0755. The maximum atomic E-state index is 13.4. The van der Waals surface area contributed by atoms with E-state index in [2.05, 4.69) is 20.6 Å². The Morgan fingerprint density at radius 3 is 2.46 bits per heavy atom. The second kappa shape index (κ2) is 10.9. The van der Waals surface area contributed by atoms with Crippen molar-refractivity contribution in [3.05, 3.63) is 52.2 Å². The first-order valence-electron chi connectivity index (χ1n) is 11.9. The van der Waals surface area contributed by atoms with E-state index in [1.54, 1.807) is 24.3 Å². The molecule has 13 heteroatoms. The summed E-state index contributed by atoms with van der Waals surface area (Å²) in [5, 5.41) is 6.34. The monoisotopic (exact) mass is 564 g/mol. The fourth-order valence-corrected chi connectivity index (χ4v) is 7.16. The highest BCUT2D eigenvalue weighted by Crippen LogP contribution is 2.35. The lowest BCUT2D eigenvalue weighted by Gasteiger charge is -2.26. The van der Waals surface area contributed by atoms with E-state index in [1.165, 1.54) is 5.38 Å². The predicted octanol–water partition coefficient (Wildman–Crippen LogP) is 4.47. The van der Waals surface area contributed by atoms with Crippen molar-refractivity contribution in [2.24, 2.45) is 5.92 Å². The highest BCUT2D eigenvalue weighted by Gasteiger charge is 2.37. The summed E-state index contributed by atoms with van der Waals surface area (Å²) in [5.41, 5.74) is 0.797. The smallest absolute Gasteiger partial charge is 0.276 e. The average molecular weight is 565 g/mol. The fourth-order valence-electron chi connectivity index (χ4n) is 4.27. The normalized spacial score (nSPS) is 17.3. The zero-order valence-corrected chi connectivity index (χ0v) is 22.1. The lowest BCUT2D eigenvalue weighted by molar-refractivity contribution is -0.118. The molecule has 196 valence electrons. The number of hydrogen-bond donors (Lipinski definition) is 2. The zero-order valence-electron chi connectivity index (χ0n) is 19.7. The number of benzene rings is 1. The number of ether oxygens (including phenoxy) is 1. The molecule has 0 bridgehead atoms. The van der Waals surface area contributed by atoms with Crippen LogP contribution in [0.2, 0.25) is 0 Å². The van der Waals surface area contributed by atoms with Crippen LogP contribution in [0.3, 0.4) is 0 Å². The molecule has 0 spiro atoms. The predicted molar refractivity (Wildman–Crippen MR) is 138 cm³/mol. The summed E-state index contributed by atoms with van der Waals surface area (Å²) in [6.45, 7) is 1.29. The van der Waals surface area contributed by atoms with E-state index in [4.69, 9.17) is 4.74 Å². The molecule has 2 aromatic heterocycles. The van der Waals surface area contributed by atoms with Gasteiger partial charge in [-0.05, 0) is 55.7 Å². The summed E-state index contributed by atoms with van der Waals surface area (Å²) in [6.07, 6.45) is 4.66. The van der Waals surface area contributed by atoms with Crippen molar-refractivity contribution in [1.29, 1.82) is 0 Å². The number of hydrogen-bond acceptors (Lipinski definition) is 9. The van der Waals surface area contributed by atoms with Gasteiger partial charge in [0.2, 0.25) is 5.91 Å². The lowest BCUT2D eigenvalue weighted by atomic mass is 9.84. The number of aromatic nitrogens is 2. The van der Waals surface area contributed by atoms with Crippen molar-refractivity contribution < 1.29 is 27.1 Å². The molecule has 9 nitrogen and oxygen atoms in total. The number of rotatable bonds is 9. The van der Waals surface area contributed by atoms with E-state index in [0.29, 0.717) is 43.8 Å². The third kappa shape index (κ3) is 6.22. The number of sulfone groups is 1. The molecule has 3 aromatic rings. The van der Waals surface area contributed by atoms with Crippen molar-refractivity contribution in [1.82, 2.24) is 9.97 Å². The van der Waals surface area contributed by atoms with Gasteiger partial charge in [-0.2, -0.15) is 4.39 Å². The van der Waals surface area contributed by atoms with Crippen LogP contribution in [0, 0.1) is 11.0 Å². The number of anilines is 2. The number of halogens is 1. The van der Waals surface area contributed by atoms with Gasteiger partial charge in [0.25, 0.3) is 5.91 Å². The van der Waals surface area contributed by atoms with Crippen molar-refractivity contribution in [2.45, 2.75) is 48.2 Å². The maximum absolute atomic E-state index is 13.4. The maximum Gasteiger partial charge on any atom is 0.276 e. The molecular weight excluding hydrogens is 539 g/mol. The van der Waals surface area contributed by atoms with Crippen molar-refractivity contribution in [2.75, 3.05) is 23.8 Å². The molecule has 5 rings (SSSR count). The van der Waals surface area contributed by atoms with Gasteiger partial charge in [0, 0.05) is 18.6 Å². The summed E-state index contributed by atoms with van der Waals surface area (Å²) in [7, 11) is -3.32. The summed E-state index contributed by atoms with van der Waals surface area (Å²) in [5.74, 6) is -1.08. The molecule has 2 N–H and O–H groups in total. The van der Waals surface area contributed by atoms with Crippen LogP contribution in [-0.4, -0.2) is 48.7 Å². The summed E-state index contributed by atoms with van der Waals surface area (Å²) in [6, 6.07) is 6.60. The second-order valence-electron chi connectivity index (χ2n) is 9.11. The Balaban J connectivity index is 1.31. The molecule has 2 aliphatic rings. The van der Waals surface area contributed by atoms with Gasteiger partial charge >= 0.3 is 0 Å². The molecule has 1 aliphatic heterocycles. The fraction of sp³-hybridized carbons (Fsp3) is 0.417. The molecule has 2 amide bonds. The van der Waals surface area contributed by atoms with Gasteiger partial charge in [-0.3, -0.25) is 14.9 Å². The van der Waals surface area contributed by atoms with Crippen LogP contribution >= 0.6 is 22.7 Å². The van der Waals surface area contributed by atoms with E-state index in [-0.39, 0.29) is 37.9 Å². The summed E-state index contributed by atoms with van der Waals surface area (Å²) in [4.78, 5) is 34.1. The minimum Gasteiger partial charge on any atom is -0.381 e. The molecular formula is C24H25FN4O5S3. The SMILES string of the molecule is O=C(Nc1ncc(F)s1)c1csc(NC(=O)[C@H](CC2CCOCC2)c2ccc(S(=O)(=O)C3CC3)cc2)n1. The van der Waals surface area contributed by atoms with E-state index >= 15 is 0 Å². The molecule has 37 heavy (non-hydrogen) atoms. The van der Waals surface area contributed by atoms with Gasteiger partial charge in [-0.25, -0.2) is 18.4 Å². The minimum atomic E-state index is -3.32. The summed E-state index contributed by atoms with van der Waals surface area (Å²) >= 11 is 1.81. The van der Waals surface area contributed by atoms with Crippen LogP contribution in [0.4, 0.5) is 14.7 Å². The molecule has 3 heterocycles. The van der Waals surface area contributed by atoms with Crippen LogP contribution in [-0.2, 0) is 19.4 Å². The average Bonchev–Trinajstić information content (AvgIpc) is 3.54. The van der Waals surface area contributed by atoms with Crippen LogP contribution < -0.4 is 10.6 Å². The molecule has 0 radical (unpaired) electrons. The van der Waals surface area contributed by atoms with Gasteiger partial charge in [0.05, 0.1) is 22.3 Å². The Morgan fingerprint density at radius 1 is 1.08 bits per heavy atom. The number of amides is 2. The first-order valence-corrected chi connectivity index (χ1v) is 15.1. The highest BCUT2D eigenvalue weighted by atomic mass is 32.2. The Labute approximate surface area is 221 Å². The van der Waals surface area contributed by atoms with Crippen molar-refractivity contribution in [3.63, 3.8) is 0 Å². The molecule has 0 unspecified atom stereocenters. The van der Waals surface area contributed by atoms with E-state index < -0.39 is 26.8 Å². The number of carbonyl (C=O) groups excluding carboxylic acids is 2. The standard InChI is InChI=1S/C24H25FN4O5S3/c25-20-12-26-23(36-20)29-22(31)19-13-35-24(27-19)28-21(30)18(11-14-7-9-34-10-8-14)15-1-3-16(4-2-15)37(32,33)17-5-6-17/h1-4,12-14,17-18H,5-11H2,(H,26,29,31)(H,27,28,30)/t18-/m1/s1. The molecule has 1 atom stereocenters. The number of carbonyl (C=O) groups is 2. The van der Waals surface area contributed by atoms with Gasteiger partial charge in [-0.15, -0.1) is 11.3 Å². The van der Waals surface area contributed by atoms with Gasteiger partial charge in [0.1, 0.15) is 5.69 Å². The lowest BCUT2D eigenvalue weighted by Crippen LogP contribution is -2.26. The first kappa shape index (κ1) is 25.9. The van der Waals surface area contributed by atoms with E-state index in [1.807, 2.05) is 0 Å². The molecule has 1 aliphatic carbocycles.